The fraction of sp³-hybridized carbons (Fsp3) is 0.240. The summed E-state index contributed by atoms with van der Waals surface area (Å²) in [6, 6.07) is 17.0. The van der Waals surface area contributed by atoms with Crippen molar-refractivity contribution in [2.45, 2.75) is 19.9 Å². The summed E-state index contributed by atoms with van der Waals surface area (Å²) in [6.45, 7) is 3.25. The average molecular weight is 431 g/mol. The van der Waals surface area contributed by atoms with Gasteiger partial charge in [-0.15, -0.1) is 0 Å². The summed E-state index contributed by atoms with van der Waals surface area (Å²) in [4.78, 5) is 29.3. The van der Waals surface area contributed by atoms with E-state index in [-0.39, 0.29) is 11.5 Å². The summed E-state index contributed by atoms with van der Waals surface area (Å²) in [5.74, 6) is 0.706. The minimum Gasteiger partial charge on any atom is -0.494 e. The van der Waals surface area contributed by atoms with Crippen LogP contribution >= 0.6 is 0 Å². The van der Waals surface area contributed by atoms with E-state index in [0.29, 0.717) is 31.8 Å². The maximum absolute atomic E-state index is 12.5. The molecular weight excluding hydrogens is 404 g/mol. The predicted molar refractivity (Wildman–Crippen MR) is 125 cm³/mol. The molecule has 0 radical (unpaired) electrons. The van der Waals surface area contributed by atoms with E-state index in [1.54, 1.807) is 0 Å². The van der Waals surface area contributed by atoms with E-state index in [4.69, 9.17) is 4.74 Å². The largest absolute Gasteiger partial charge is 0.494 e. The predicted octanol–water partition coefficient (Wildman–Crippen LogP) is 3.16. The highest BCUT2D eigenvalue weighted by molar-refractivity contribution is 5.89. The molecule has 0 aliphatic rings. The molecule has 0 spiro atoms. The first kappa shape index (κ1) is 21.4. The van der Waals surface area contributed by atoms with Crippen molar-refractivity contribution in [1.29, 1.82) is 0 Å². The van der Waals surface area contributed by atoms with Crippen LogP contribution in [0, 0.1) is 0 Å². The molecule has 4 rings (SSSR count). The molecule has 0 bridgehead atoms. The topological polar surface area (TPSA) is 78.1 Å². The summed E-state index contributed by atoms with van der Waals surface area (Å²) in [5.41, 5.74) is 3.38. The molecular formula is C25H26N4O3. The van der Waals surface area contributed by atoms with Gasteiger partial charge in [-0.2, -0.15) is 0 Å². The van der Waals surface area contributed by atoms with Crippen LogP contribution in [0.3, 0.4) is 0 Å². The second kappa shape index (κ2) is 9.51. The van der Waals surface area contributed by atoms with Crippen molar-refractivity contribution in [1.82, 2.24) is 19.4 Å². The Bertz CT molecular complexity index is 1290. The zero-order valence-corrected chi connectivity index (χ0v) is 18.2. The minimum atomic E-state index is -0.160. The van der Waals surface area contributed by atoms with Crippen molar-refractivity contribution in [2.24, 2.45) is 7.05 Å². The SMILES string of the molecule is CCOc1ccc(-c2cc(=O)n(CCNC(=O)Cc3cn(C)c4ccccc34)cn2)cc1. The molecule has 0 unspecified atom stereocenters. The number of nitrogens with zero attached hydrogens (tertiary/aromatic N) is 3. The van der Waals surface area contributed by atoms with E-state index < -0.39 is 0 Å². The van der Waals surface area contributed by atoms with Crippen LogP contribution < -0.4 is 15.6 Å². The number of amides is 1. The number of rotatable bonds is 8. The average Bonchev–Trinajstić information content (AvgIpc) is 3.11. The lowest BCUT2D eigenvalue weighted by molar-refractivity contribution is -0.120. The molecule has 2 aromatic carbocycles. The van der Waals surface area contributed by atoms with E-state index in [9.17, 15) is 9.59 Å². The third-order valence-electron chi connectivity index (χ3n) is 5.35. The van der Waals surface area contributed by atoms with Gasteiger partial charge in [-0.05, 0) is 42.8 Å². The zero-order valence-electron chi connectivity index (χ0n) is 18.2. The Morgan fingerprint density at radius 2 is 1.91 bits per heavy atom. The highest BCUT2D eigenvalue weighted by atomic mass is 16.5. The van der Waals surface area contributed by atoms with Crippen LogP contribution in [0.1, 0.15) is 12.5 Å². The molecule has 0 aliphatic carbocycles. The number of carbonyl (C=O) groups is 1. The molecule has 164 valence electrons. The number of aryl methyl sites for hydroxylation is 1. The lowest BCUT2D eigenvalue weighted by Gasteiger charge is -2.09. The Kier molecular flexibility index (Phi) is 6.35. The monoisotopic (exact) mass is 430 g/mol. The van der Waals surface area contributed by atoms with Crippen LogP contribution in [0.4, 0.5) is 0 Å². The summed E-state index contributed by atoms with van der Waals surface area (Å²) in [5, 5.41) is 3.97. The highest BCUT2D eigenvalue weighted by Gasteiger charge is 2.10. The van der Waals surface area contributed by atoms with Gasteiger partial charge >= 0.3 is 0 Å². The van der Waals surface area contributed by atoms with Gasteiger partial charge in [0.1, 0.15) is 5.75 Å². The van der Waals surface area contributed by atoms with Gasteiger partial charge in [0.2, 0.25) is 5.91 Å². The second-order valence-corrected chi connectivity index (χ2v) is 7.57. The van der Waals surface area contributed by atoms with Gasteiger partial charge in [-0.25, -0.2) is 4.98 Å². The Morgan fingerprint density at radius 1 is 1.12 bits per heavy atom. The number of ether oxygens (including phenoxy) is 1. The van der Waals surface area contributed by atoms with Gasteiger partial charge in [0, 0.05) is 48.9 Å². The van der Waals surface area contributed by atoms with Gasteiger partial charge in [0.15, 0.2) is 0 Å². The Labute approximate surface area is 186 Å². The first-order valence-corrected chi connectivity index (χ1v) is 10.6. The molecule has 0 saturated carbocycles. The van der Waals surface area contributed by atoms with E-state index in [2.05, 4.69) is 10.3 Å². The van der Waals surface area contributed by atoms with Crippen molar-refractivity contribution in [3.05, 3.63) is 83.0 Å². The van der Waals surface area contributed by atoms with Crippen LogP contribution in [-0.4, -0.2) is 33.2 Å². The number of nitrogens with one attached hydrogen (secondary N) is 1. The first-order chi connectivity index (χ1) is 15.5. The molecule has 2 heterocycles. The summed E-state index contributed by atoms with van der Waals surface area (Å²) in [7, 11) is 1.97. The van der Waals surface area contributed by atoms with Crippen LogP contribution in [0.25, 0.3) is 22.2 Å². The smallest absolute Gasteiger partial charge is 0.253 e. The number of hydrogen-bond donors (Lipinski definition) is 1. The number of aromatic nitrogens is 3. The van der Waals surface area contributed by atoms with Crippen molar-refractivity contribution < 1.29 is 9.53 Å². The van der Waals surface area contributed by atoms with Gasteiger partial charge in [-0.1, -0.05) is 18.2 Å². The molecule has 0 fully saturated rings. The molecule has 2 aromatic heterocycles. The molecule has 32 heavy (non-hydrogen) atoms. The minimum absolute atomic E-state index is 0.0756. The number of benzene rings is 2. The molecule has 7 nitrogen and oxygen atoms in total. The van der Waals surface area contributed by atoms with Crippen molar-refractivity contribution in [2.75, 3.05) is 13.2 Å². The molecule has 1 N–H and O–H groups in total. The Morgan fingerprint density at radius 3 is 2.66 bits per heavy atom. The lowest BCUT2D eigenvalue weighted by Crippen LogP contribution is -2.31. The lowest BCUT2D eigenvalue weighted by atomic mass is 10.1. The molecule has 7 heteroatoms. The highest BCUT2D eigenvalue weighted by Crippen LogP contribution is 2.21. The van der Waals surface area contributed by atoms with E-state index in [1.165, 1.54) is 17.0 Å². The third-order valence-corrected chi connectivity index (χ3v) is 5.35. The number of carbonyl (C=O) groups excluding carboxylic acids is 1. The van der Waals surface area contributed by atoms with Crippen molar-refractivity contribution in [3.8, 4) is 17.0 Å². The second-order valence-electron chi connectivity index (χ2n) is 7.57. The first-order valence-electron chi connectivity index (χ1n) is 10.6. The van der Waals surface area contributed by atoms with Crippen molar-refractivity contribution in [3.63, 3.8) is 0 Å². The van der Waals surface area contributed by atoms with Gasteiger partial charge in [0.05, 0.1) is 25.0 Å². The van der Waals surface area contributed by atoms with Gasteiger partial charge < -0.3 is 14.6 Å². The molecule has 0 atom stereocenters. The summed E-state index contributed by atoms with van der Waals surface area (Å²) >= 11 is 0. The Balaban J connectivity index is 1.34. The molecule has 0 saturated heterocycles. The Hall–Kier alpha value is -3.87. The number of para-hydroxylation sites is 1. The van der Waals surface area contributed by atoms with Crippen LogP contribution in [0.15, 0.2) is 71.9 Å². The number of fused-ring (bicyclic) bond motifs is 1. The van der Waals surface area contributed by atoms with Crippen LogP contribution in [0.2, 0.25) is 0 Å². The molecule has 1 amide bonds. The van der Waals surface area contributed by atoms with E-state index in [0.717, 1.165) is 27.8 Å². The molecule has 4 aromatic rings. The quantitative estimate of drug-likeness (QED) is 0.466. The van der Waals surface area contributed by atoms with Crippen LogP contribution in [-0.2, 0) is 24.8 Å². The van der Waals surface area contributed by atoms with Crippen LogP contribution in [0.5, 0.6) is 5.75 Å². The zero-order chi connectivity index (χ0) is 22.5. The summed E-state index contributed by atoms with van der Waals surface area (Å²) < 4.78 is 8.96. The third kappa shape index (κ3) is 4.72. The van der Waals surface area contributed by atoms with Gasteiger partial charge in [0.25, 0.3) is 5.56 Å². The summed E-state index contributed by atoms with van der Waals surface area (Å²) in [6.07, 6.45) is 3.80. The normalized spacial score (nSPS) is 10.9. The standard InChI is InChI=1S/C25H26N4O3/c1-3-32-20-10-8-18(9-11-20)22-15-25(31)29(17-27-22)13-12-26-24(30)14-19-16-28(2)23-7-5-4-6-21(19)23/h4-11,15-17H,3,12-14H2,1-2H3,(H,26,30). The fourth-order valence-electron chi connectivity index (χ4n) is 3.76. The number of hydrogen-bond acceptors (Lipinski definition) is 4. The molecule has 0 aliphatic heterocycles. The maximum atomic E-state index is 12.5. The van der Waals surface area contributed by atoms with Gasteiger partial charge in [-0.3, -0.25) is 14.2 Å². The van der Waals surface area contributed by atoms with Crippen molar-refractivity contribution >= 4 is 16.8 Å². The van der Waals surface area contributed by atoms with E-state index in [1.807, 2.05) is 73.3 Å². The fourth-order valence-corrected chi connectivity index (χ4v) is 3.76. The maximum Gasteiger partial charge on any atom is 0.253 e. The van der Waals surface area contributed by atoms with E-state index >= 15 is 0 Å².